The Labute approximate surface area is 121 Å². The number of nitrogens with one attached hydrogen (secondary N) is 1. The Morgan fingerprint density at radius 2 is 2.30 bits per heavy atom. The molecule has 0 bridgehead atoms. The average molecular weight is 296 g/mol. The Balaban J connectivity index is 1.98. The first-order valence-electron chi connectivity index (χ1n) is 6.28. The fourth-order valence-electron chi connectivity index (χ4n) is 1.71. The molecule has 2 rings (SSSR count). The predicted molar refractivity (Wildman–Crippen MR) is 76.4 cm³/mol. The first-order valence-corrected chi connectivity index (χ1v) is 7.22. The second-order valence-electron chi connectivity index (χ2n) is 4.17. The maximum atomic E-state index is 13.9. The van der Waals surface area contributed by atoms with Crippen molar-refractivity contribution in [1.29, 1.82) is 0 Å². The summed E-state index contributed by atoms with van der Waals surface area (Å²) < 4.78 is 24.4. The van der Waals surface area contributed by atoms with E-state index in [0.29, 0.717) is 19.7 Å². The molecule has 1 aromatic heterocycles. The van der Waals surface area contributed by atoms with Gasteiger partial charge in [-0.1, -0.05) is 12.1 Å². The van der Waals surface area contributed by atoms with Crippen molar-refractivity contribution < 1.29 is 13.9 Å². The van der Waals surface area contributed by atoms with Gasteiger partial charge in [0, 0.05) is 31.1 Å². The van der Waals surface area contributed by atoms with Gasteiger partial charge in [0.1, 0.15) is 6.61 Å². The number of hydrogen-bond donors (Lipinski definition) is 1. The third kappa shape index (κ3) is 4.26. The first kappa shape index (κ1) is 14.9. The maximum Gasteiger partial charge on any atom is 0.165 e. The van der Waals surface area contributed by atoms with Crippen molar-refractivity contribution in [1.82, 2.24) is 10.3 Å². The van der Waals surface area contributed by atoms with E-state index < -0.39 is 0 Å². The molecular weight excluding hydrogens is 279 g/mol. The number of hydrogen-bond acceptors (Lipinski definition) is 5. The monoisotopic (exact) mass is 296 g/mol. The molecule has 0 unspecified atom stereocenters. The zero-order valence-electron chi connectivity index (χ0n) is 11.3. The minimum absolute atomic E-state index is 0.273. The lowest BCUT2D eigenvalue weighted by Gasteiger charge is -2.12. The highest BCUT2D eigenvalue weighted by atomic mass is 32.1. The van der Waals surface area contributed by atoms with Crippen LogP contribution >= 0.6 is 11.3 Å². The van der Waals surface area contributed by atoms with Crippen LogP contribution in [0.2, 0.25) is 0 Å². The molecule has 0 radical (unpaired) electrons. The average Bonchev–Trinajstić information content (AvgIpc) is 2.96. The largest absolute Gasteiger partial charge is 0.484 e. The number of halogens is 1. The number of thiazole rings is 1. The number of ether oxygens (including phenoxy) is 2. The lowest BCUT2D eigenvalue weighted by atomic mass is 10.2. The Morgan fingerprint density at radius 3 is 3.05 bits per heavy atom. The van der Waals surface area contributed by atoms with Gasteiger partial charge in [0.15, 0.2) is 11.6 Å². The molecule has 0 amide bonds. The van der Waals surface area contributed by atoms with Crippen LogP contribution in [-0.2, 0) is 17.9 Å². The summed E-state index contributed by atoms with van der Waals surface area (Å²) in [4.78, 5) is 4.12. The summed E-state index contributed by atoms with van der Waals surface area (Å²) in [5.41, 5.74) is 3.32. The molecule has 2 aromatic rings. The minimum Gasteiger partial charge on any atom is -0.484 e. The molecule has 0 saturated heterocycles. The molecule has 1 heterocycles. The predicted octanol–water partition coefficient (Wildman–Crippen LogP) is 2.60. The summed E-state index contributed by atoms with van der Waals surface area (Å²) in [7, 11) is 1.65. The summed E-state index contributed by atoms with van der Waals surface area (Å²) in [6, 6.07) is 4.92. The number of aromatic nitrogens is 1. The fourth-order valence-corrected chi connectivity index (χ4v) is 2.25. The Bertz CT molecular complexity index is 520. The lowest BCUT2D eigenvalue weighted by Crippen LogP contribution is -2.19. The molecule has 0 spiro atoms. The zero-order valence-corrected chi connectivity index (χ0v) is 12.1. The molecule has 0 fully saturated rings. The third-order valence-corrected chi connectivity index (χ3v) is 3.33. The van der Waals surface area contributed by atoms with Gasteiger partial charge < -0.3 is 14.8 Å². The molecule has 1 aromatic carbocycles. The first-order chi connectivity index (χ1) is 9.81. The molecule has 0 saturated carbocycles. The van der Waals surface area contributed by atoms with Crippen LogP contribution in [0.3, 0.4) is 0 Å². The summed E-state index contributed by atoms with van der Waals surface area (Å²) >= 11 is 1.49. The Hall–Kier alpha value is -1.50. The van der Waals surface area contributed by atoms with E-state index in [1.54, 1.807) is 18.7 Å². The zero-order chi connectivity index (χ0) is 14.2. The third-order valence-electron chi connectivity index (χ3n) is 2.69. The van der Waals surface area contributed by atoms with Gasteiger partial charge in [-0.25, -0.2) is 9.37 Å². The van der Waals surface area contributed by atoms with Gasteiger partial charge in [0.2, 0.25) is 0 Å². The highest BCUT2D eigenvalue weighted by Crippen LogP contribution is 2.23. The van der Waals surface area contributed by atoms with Crippen LogP contribution in [0.5, 0.6) is 5.75 Å². The van der Waals surface area contributed by atoms with Gasteiger partial charge in [0.25, 0.3) is 0 Å². The van der Waals surface area contributed by atoms with Crippen molar-refractivity contribution >= 4 is 11.3 Å². The van der Waals surface area contributed by atoms with Crippen molar-refractivity contribution in [2.45, 2.75) is 13.2 Å². The topological polar surface area (TPSA) is 43.4 Å². The van der Waals surface area contributed by atoms with E-state index in [-0.39, 0.29) is 18.2 Å². The lowest BCUT2D eigenvalue weighted by molar-refractivity contribution is 0.199. The van der Waals surface area contributed by atoms with Crippen LogP contribution in [0.4, 0.5) is 4.39 Å². The standard InChI is InChI=1S/C14H17FN2O2S/c1-18-6-5-16-7-11-3-2-4-13(15)14(11)19-8-12-9-20-10-17-12/h2-4,9-10,16H,5-8H2,1H3. The van der Waals surface area contributed by atoms with Gasteiger partial charge in [-0.05, 0) is 6.07 Å². The SMILES string of the molecule is COCCNCc1cccc(F)c1OCc1cscn1. The number of methoxy groups -OCH3 is 1. The van der Waals surface area contributed by atoms with E-state index in [1.807, 2.05) is 11.4 Å². The quantitative estimate of drug-likeness (QED) is 0.760. The molecule has 108 valence electrons. The summed E-state index contributed by atoms with van der Waals surface area (Å²) in [5, 5.41) is 5.06. The molecule has 0 aliphatic heterocycles. The van der Waals surface area contributed by atoms with E-state index >= 15 is 0 Å². The van der Waals surface area contributed by atoms with Crippen LogP contribution in [0, 0.1) is 5.82 Å². The van der Waals surface area contributed by atoms with Crippen molar-refractivity contribution in [2.75, 3.05) is 20.3 Å². The van der Waals surface area contributed by atoms with E-state index in [1.165, 1.54) is 17.4 Å². The highest BCUT2D eigenvalue weighted by molar-refractivity contribution is 7.07. The molecule has 1 N–H and O–H groups in total. The van der Waals surface area contributed by atoms with Gasteiger partial charge in [-0.15, -0.1) is 11.3 Å². The summed E-state index contributed by atoms with van der Waals surface area (Å²) in [5.74, 6) is -0.0725. The molecule has 20 heavy (non-hydrogen) atoms. The van der Waals surface area contributed by atoms with Crippen LogP contribution < -0.4 is 10.1 Å². The molecule has 0 aliphatic carbocycles. The van der Waals surface area contributed by atoms with Crippen LogP contribution in [-0.4, -0.2) is 25.2 Å². The molecule has 0 atom stereocenters. The number of rotatable bonds is 8. The van der Waals surface area contributed by atoms with Gasteiger partial charge in [0.05, 0.1) is 17.8 Å². The summed E-state index contributed by atoms with van der Waals surface area (Å²) in [6.45, 7) is 2.13. The van der Waals surface area contributed by atoms with Crippen LogP contribution in [0.1, 0.15) is 11.3 Å². The van der Waals surface area contributed by atoms with Crippen LogP contribution in [0.25, 0.3) is 0 Å². The minimum atomic E-state index is -0.355. The Kier molecular flexibility index (Phi) is 5.91. The van der Waals surface area contributed by atoms with Crippen molar-refractivity contribution in [3.8, 4) is 5.75 Å². The highest BCUT2D eigenvalue weighted by Gasteiger charge is 2.10. The molecular formula is C14H17FN2O2S. The van der Waals surface area contributed by atoms with Gasteiger partial charge in [-0.3, -0.25) is 0 Å². The summed E-state index contributed by atoms with van der Waals surface area (Å²) in [6.07, 6.45) is 0. The van der Waals surface area contributed by atoms with E-state index in [9.17, 15) is 4.39 Å². The normalized spacial score (nSPS) is 10.7. The van der Waals surface area contributed by atoms with E-state index in [0.717, 1.165) is 11.3 Å². The second kappa shape index (κ2) is 7.94. The van der Waals surface area contributed by atoms with Crippen molar-refractivity contribution in [3.63, 3.8) is 0 Å². The van der Waals surface area contributed by atoms with E-state index in [4.69, 9.17) is 9.47 Å². The fraction of sp³-hybridized carbons (Fsp3) is 0.357. The molecule has 6 heteroatoms. The smallest absolute Gasteiger partial charge is 0.165 e. The number of nitrogens with zero attached hydrogens (tertiary/aromatic N) is 1. The van der Waals surface area contributed by atoms with E-state index in [2.05, 4.69) is 10.3 Å². The van der Waals surface area contributed by atoms with Crippen molar-refractivity contribution in [3.05, 3.63) is 46.2 Å². The number of para-hydroxylation sites is 1. The van der Waals surface area contributed by atoms with Crippen LogP contribution in [0.15, 0.2) is 29.1 Å². The second-order valence-corrected chi connectivity index (χ2v) is 4.88. The van der Waals surface area contributed by atoms with Gasteiger partial charge >= 0.3 is 0 Å². The Morgan fingerprint density at radius 1 is 1.40 bits per heavy atom. The van der Waals surface area contributed by atoms with Gasteiger partial charge in [-0.2, -0.15) is 0 Å². The number of benzene rings is 1. The molecule has 4 nitrogen and oxygen atoms in total. The van der Waals surface area contributed by atoms with Crippen molar-refractivity contribution in [2.24, 2.45) is 0 Å². The maximum absolute atomic E-state index is 13.9. The molecule has 0 aliphatic rings.